The van der Waals surface area contributed by atoms with Crippen molar-refractivity contribution in [2.45, 2.75) is 59.3 Å². The van der Waals surface area contributed by atoms with Crippen LogP contribution >= 0.6 is 0 Å². The molecule has 6 heteroatoms. The lowest BCUT2D eigenvalue weighted by molar-refractivity contribution is -0.121. The fourth-order valence-corrected chi connectivity index (χ4v) is 5.64. The van der Waals surface area contributed by atoms with Gasteiger partial charge in [-0.3, -0.25) is 9.52 Å². The molecule has 1 heterocycles. The predicted octanol–water partition coefficient (Wildman–Crippen LogP) is 4.66. The van der Waals surface area contributed by atoms with E-state index < -0.39 is 10.0 Å². The van der Waals surface area contributed by atoms with Gasteiger partial charge >= 0.3 is 0 Å². The Bertz CT molecular complexity index is 1050. The van der Waals surface area contributed by atoms with Crippen molar-refractivity contribution in [1.29, 1.82) is 0 Å². The Labute approximate surface area is 174 Å². The Hall–Kier alpha value is -2.34. The summed E-state index contributed by atoms with van der Waals surface area (Å²) < 4.78 is 29.2. The first-order chi connectivity index (χ1) is 13.5. The van der Waals surface area contributed by atoms with Crippen molar-refractivity contribution in [3.8, 4) is 0 Å². The topological polar surface area (TPSA) is 66.5 Å². The van der Waals surface area contributed by atoms with Gasteiger partial charge in [0.2, 0.25) is 5.91 Å². The van der Waals surface area contributed by atoms with Crippen molar-refractivity contribution in [3.05, 3.63) is 52.1 Å². The third-order valence-electron chi connectivity index (χ3n) is 5.78. The number of benzene rings is 2. The molecule has 0 atom stereocenters. The number of carbonyl (C=O) groups excluding carboxylic acids is 1. The van der Waals surface area contributed by atoms with Gasteiger partial charge in [-0.25, -0.2) is 8.42 Å². The summed E-state index contributed by atoms with van der Waals surface area (Å²) in [6.45, 7) is 12.0. The molecule has 1 aliphatic rings. The number of hydrogen-bond donors (Lipinski definition) is 1. The smallest absolute Gasteiger partial charge is 0.262 e. The zero-order valence-electron chi connectivity index (χ0n) is 18.1. The summed E-state index contributed by atoms with van der Waals surface area (Å²) in [5.41, 5.74) is 5.78. The second-order valence-electron chi connectivity index (χ2n) is 8.29. The molecule has 5 nitrogen and oxygen atoms in total. The minimum absolute atomic E-state index is 0.0620. The number of amides is 1. The van der Waals surface area contributed by atoms with Gasteiger partial charge in [0.05, 0.1) is 10.6 Å². The van der Waals surface area contributed by atoms with Gasteiger partial charge in [0.15, 0.2) is 0 Å². The maximum atomic E-state index is 13.2. The molecule has 1 N–H and O–H groups in total. The molecule has 3 rings (SSSR count). The van der Waals surface area contributed by atoms with Crippen LogP contribution in [0.1, 0.15) is 48.1 Å². The minimum atomic E-state index is -3.75. The molecule has 0 aliphatic carbocycles. The van der Waals surface area contributed by atoms with E-state index in [-0.39, 0.29) is 11.8 Å². The van der Waals surface area contributed by atoms with Crippen molar-refractivity contribution in [3.63, 3.8) is 0 Å². The maximum Gasteiger partial charge on any atom is 0.262 e. The molecule has 2 aromatic rings. The van der Waals surface area contributed by atoms with Gasteiger partial charge in [0.25, 0.3) is 10.0 Å². The van der Waals surface area contributed by atoms with E-state index in [0.29, 0.717) is 17.1 Å². The van der Waals surface area contributed by atoms with Crippen LogP contribution in [0, 0.1) is 33.6 Å². The molecule has 0 aromatic heterocycles. The Morgan fingerprint density at radius 1 is 1.03 bits per heavy atom. The molecule has 0 fully saturated rings. The van der Waals surface area contributed by atoms with Crippen molar-refractivity contribution in [2.24, 2.45) is 5.92 Å². The second kappa shape index (κ2) is 7.82. The molecule has 0 saturated carbocycles. The lowest BCUT2D eigenvalue weighted by atomic mass is 9.99. The Morgan fingerprint density at radius 2 is 1.66 bits per heavy atom. The standard InChI is InChI=1S/C23H30N2O3S/c1-14(2)23(26)25-11-7-8-19-9-10-20(13-21(19)25)24-29(27,28)22-17(5)15(3)12-16(4)18(22)6/h9-10,12-14,24H,7-8,11H2,1-6H3. The largest absolute Gasteiger partial charge is 0.312 e. The molecular weight excluding hydrogens is 384 g/mol. The van der Waals surface area contributed by atoms with Crippen LogP contribution in [0.2, 0.25) is 0 Å². The number of hydrogen-bond acceptors (Lipinski definition) is 3. The zero-order chi connectivity index (χ0) is 21.5. The summed E-state index contributed by atoms with van der Waals surface area (Å²) in [5.74, 6) is -0.0474. The van der Waals surface area contributed by atoms with Gasteiger partial charge in [0, 0.05) is 18.2 Å². The van der Waals surface area contributed by atoms with Crippen LogP contribution in [-0.2, 0) is 21.2 Å². The molecule has 0 bridgehead atoms. The zero-order valence-corrected chi connectivity index (χ0v) is 18.9. The number of anilines is 2. The van der Waals surface area contributed by atoms with Gasteiger partial charge in [-0.15, -0.1) is 0 Å². The average molecular weight is 415 g/mol. The molecule has 0 spiro atoms. The van der Waals surface area contributed by atoms with E-state index in [1.807, 2.05) is 53.7 Å². The van der Waals surface area contributed by atoms with Crippen molar-refractivity contribution < 1.29 is 13.2 Å². The summed E-state index contributed by atoms with van der Waals surface area (Å²) in [6, 6.07) is 7.51. The van der Waals surface area contributed by atoms with Crippen LogP contribution in [-0.4, -0.2) is 20.9 Å². The summed E-state index contributed by atoms with van der Waals surface area (Å²) in [6.07, 6.45) is 1.80. The SMILES string of the molecule is Cc1cc(C)c(C)c(S(=O)(=O)Nc2ccc3c(c2)N(C(=O)C(C)C)CCC3)c1C. The summed E-state index contributed by atoms with van der Waals surface area (Å²) >= 11 is 0. The number of carbonyl (C=O) groups is 1. The van der Waals surface area contributed by atoms with Crippen LogP contribution in [0.4, 0.5) is 11.4 Å². The van der Waals surface area contributed by atoms with Crippen LogP contribution in [0.25, 0.3) is 0 Å². The molecular formula is C23H30N2O3S. The number of nitrogens with zero attached hydrogens (tertiary/aromatic N) is 1. The molecule has 0 unspecified atom stereocenters. The quantitative estimate of drug-likeness (QED) is 0.791. The third-order valence-corrected chi connectivity index (χ3v) is 7.44. The van der Waals surface area contributed by atoms with Crippen molar-refractivity contribution >= 4 is 27.3 Å². The lowest BCUT2D eigenvalue weighted by Crippen LogP contribution is -2.38. The average Bonchev–Trinajstić information content (AvgIpc) is 2.65. The van der Waals surface area contributed by atoms with Crippen LogP contribution in [0.15, 0.2) is 29.2 Å². The Morgan fingerprint density at radius 3 is 2.24 bits per heavy atom. The van der Waals surface area contributed by atoms with Gasteiger partial charge in [-0.05, 0) is 80.5 Å². The molecule has 1 amide bonds. The first-order valence-electron chi connectivity index (χ1n) is 10.1. The summed E-state index contributed by atoms with van der Waals surface area (Å²) in [7, 11) is -3.75. The molecule has 0 saturated heterocycles. The normalized spacial score (nSPS) is 14.1. The first-order valence-corrected chi connectivity index (χ1v) is 11.6. The summed E-state index contributed by atoms with van der Waals surface area (Å²) in [5, 5.41) is 0. The highest BCUT2D eigenvalue weighted by Gasteiger charge is 2.26. The van der Waals surface area contributed by atoms with Gasteiger partial charge in [-0.2, -0.15) is 0 Å². The van der Waals surface area contributed by atoms with E-state index >= 15 is 0 Å². The Kier molecular flexibility index (Phi) is 5.77. The Balaban J connectivity index is 2.02. The van der Waals surface area contributed by atoms with Gasteiger partial charge in [0.1, 0.15) is 0 Å². The minimum Gasteiger partial charge on any atom is -0.312 e. The van der Waals surface area contributed by atoms with E-state index in [9.17, 15) is 13.2 Å². The van der Waals surface area contributed by atoms with Crippen LogP contribution in [0.5, 0.6) is 0 Å². The highest BCUT2D eigenvalue weighted by atomic mass is 32.2. The maximum absolute atomic E-state index is 13.2. The fourth-order valence-electron chi connectivity index (χ4n) is 3.97. The monoisotopic (exact) mass is 414 g/mol. The fraction of sp³-hybridized carbons (Fsp3) is 0.435. The van der Waals surface area contributed by atoms with Crippen molar-refractivity contribution in [1.82, 2.24) is 0 Å². The highest BCUT2D eigenvalue weighted by molar-refractivity contribution is 7.92. The highest BCUT2D eigenvalue weighted by Crippen LogP contribution is 2.33. The number of rotatable bonds is 4. The molecule has 0 radical (unpaired) electrons. The number of sulfonamides is 1. The summed E-state index contributed by atoms with van der Waals surface area (Å²) in [4.78, 5) is 14.8. The van der Waals surface area contributed by atoms with Crippen LogP contribution in [0.3, 0.4) is 0 Å². The van der Waals surface area contributed by atoms with E-state index in [1.165, 1.54) is 0 Å². The second-order valence-corrected chi connectivity index (χ2v) is 9.91. The third kappa shape index (κ3) is 4.04. The van der Waals surface area contributed by atoms with Crippen molar-refractivity contribution in [2.75, 3.05) is 16.2 Å². The van der Waals surface area contributed by atoms with Gasteiger partial charge < -0.3 is 4.90 Å². The number of fused-ring (bicyclic) bond motifs is 1. The van der Waals surface area contributed by atoms with E-state index in [2.05, 4.69) is 4.72 Å². The number of nitrogens with one attached hydrogen (secondary N) is 1. The molecule has 1 aliphatic heterocycles. The van der Waals surface area contributed by atoms with E-state index in [4.69, 9.17) is 0 Å². The van der Waals surface area contributed by atoms with E-state index in [1.54, 1.807) is 17.0 Å². The molecule has 2 aromatic carbocycles. The number of aryl methyl sites for hydroxylation is 3. The van der Waals surface area contributed by atoms with Crippen LogP contribution < -0.4 is 9.62 Å². The molecule has 156 valence electrons. The predicted molar refractivity (Wildman–Crippen MR) is 118 cm³/mol. The first kappa shape index (κ1) is 21.4. The lowest BCUT2D eigenvalue weighted by Gasteiger charge is -2.31. The molecule has 29 heavy (non-hydrogen) atoms. The van der Waals surface area contributed by atoms with Gasteiger partial charge in [-0.1, -0.05) is 26.0 Å². The van der Waals surface area contributed by atoms with E-state index in [0.717, 1.165) is 46.3 Å².